The molecule has 6 heteroatoms. The first-order valence-corrected chi connectivity index (χ1v) is 6.76. The molecule has 1 aromatic heterocycles. The van der Waals surface area contributed by atoms with E-state index < -0.39 is 0 Å². The van der Waals surface area contributed by atoms with Crippen LogP contribution < -0.4 is 5.32 Å². The van der Waals surface area contributed by atoms with Crippen LogP contribution in [0.1, 0.15) is 30.5 Å². The van der Waals surface area contributed by atoms with Crippen LogP contribution in [0.5, 0.6) is 0 Å². The lowest BCUT2D eigenvalue weighted by Crippen LogP contribution is -2.13. The molecule has 18 heavy (non-hydrogen) atoms. The SMILES string of the molecule is CNc1nc(C(OC)C2CC2)nc(COC)c1Br. The van der Waals surface area contributed by atoms with Gasteiger partial charge in [0.1, 0.15) is 11.9 Å². The number of nitrogens with one attached hydrogen (secondary N) is 1. The number of aromatic nitrogens is 2. The number of ether oxygens (including phenoxy) is 2. The van der Waals surface area contributed by atoms with Crippen LogP contribution >= 0.6 is 15.9 Å². The third-order valence-electron chi connectivity index (χ3n) is 3.01. The average molecular weight is 316 g/mol. The standard InChI is InChI=1S/C12H18BrN3O2/c1-14-11-9(13)8(6-17-2)15-12(16-11)10(18-3)7-4-5-7/h7,10H,4-6H2,1-3H3,(H,14,15,16). The third-order valence-corrected chi connectivity index (χ3v) is 3.85. The Hall–Kier alpha value is -0.720. The number of rotatable bonds is 6. The smallest absolute Gasteiger partial charge is 0.160 e. The summed E-state index contributed by atoms with van der Waals surface area (Å²) in [7, 11) is 5.21. The fourth-order valence-electron chi connectivity index (χ4n) is 1.95. The molecule has 2 rings (SSSR count). The fourth-order valence-corrected chi connectivity index (χ4v) is 2.44. The van der Waals surface area contributed by atoms with Gasteiger partial charge < -0.3 is 14.8 Å². The van der Waals surface area contributed by atoms with Gasteiger partial charge in [-0.3, -0.25) is 0 Å². The van der Waals surface area contributed by atoms with Crippen LogP contribution in [0.3, 0.4) is 0 Å². The van der Waals surface area contributed by atoms with E-state index in [0.29, 0.717) is 12.5 Å². The van der Waals surface area contributed by atoms with Crippen molar-refractivity contribution in [1.29, 1.82) is 0 Å². The molecule has 1 heterocycles. The molecular weight excluding hydrogens is 298 g/mol. The lowest BCUT2D eigenvalue weighted by atomic mass is 10.2. The second-order valence-corrected chi connectivity index (χ2v) is 5.16. The minimum Gasteiger partial charge on any atom is -0.378 e. The van der Waals surface area contributed by atoms with Crippen LogP contribution in [-0.4, -0.2) is 31.2 Å². The molecule has 0 aliphatic heterocycles. The van der Waals surface area contributed by atoms with Crippen molar-refractivity contribution >= 4 is 21.7 Å². The lowest BCUT2D eigenvalue weighted by Gasteiger charge is -2.16. The van der Waals surface area contributed by atoms with Crippen molar-refractivity contribution in [2.45, 2.75) is 25.6 Å². The van der Waals surface area contributed by atoms with E-state index in [1.165, 1.54) is 12.8 Å². The van der Waals surface area contributed by atoms with Gasteiger partial charge in [0.05, 0.1) is 16.8 Å². The van der Waals surface area contributed by atoms with Crippen molar-refractivity contribution < 1.29 is 9.47 Å². The molecule has 0 aromatic carbocycles. The van der Waals surface area contributed by atoms with Crippen molar-refractivity contribution in [3.05, 3.63) is 16.0 Å². The Kier molecular flexibility index (Phi) is 4.53. The average Bonchev–Trinajstić information content (AvgIpc) is 3.18. The molecule has 1 atom stereocenters. The second kappa shape index (κ2) is 5.95. The molecule has 1 N–H and O–H groups in total. The second-order valence-electron chi connectivity index (χ2n) is 4.37. The molecule has 0 bridgehead atoms. The molecular formula is C12H18BrN3O2. The maximum atomic E-state index is 5.52. The van der Waals surface area contributed by atoms with Crippen molar-refractivity contribution in [3.63, 3.8) is 0 Å². The van der Waals surface area contributed by atoms with Crippen molar-refractivity contribution in [3.8, 4) is 0 Å². The largest absolute Gasteiger partial charge is 0.378 e. The number of nitrogens with zero attached hydrogens (tertiary/aromatic N) is 2. The van der Waals surface area contributed by atoms with Gasteiger partial charge in [-0.15, -0.1) is 0 Å². The summed E-state index contributed by atoms with van der Waals surface area (Å²) in [5.74, 6) is 2.06. The molecule has 0 radical (unpaired) electrons. The topological polar surface area (TPSA) is 56.3 Å². The van der Waals surface area contributed by atoms with Crippen LogP contribution in [0.2, 0.25) is 0 Å². The number of anilines is 1. The predicted molar refractivity (Wildman–Crippen MR) is 72.5 cm³/mol. The quantitative estimate of drug-likeness (QED) is 0.874. The van der Waals surface area contributed by atoms with Gasteiger partial charge in [-0.1, -0.05) is 0 Å². The highest BCUT2D eigenvalue weighted by molar-refractivity contribution is 9.10. The Morgan fingerprint density at radius 2 is 2.11 bits per heavy atom. The Morgan fingerprint density at radius 3 is 2.61 bits per heavy atom. The number of hydrogen-bond acceptors (Lipinski definition) is 5. The highest BCUT2D eigenvalue weighted by Gasteiger charge is 2.35. The summed E-state index contributed by atoms with van der Waals surface area (Å²) in [5, 5.41) is 3.06. The van der Waals surface area contributed by atoms with Crippen LogP contribution in [0.25, 0.3) is 0 Å². The van der Waals surface area contributed by atoms with E-state index in [1.54, 1.807) is 14.2 Å². The molecule has 0 saturated heterocycles. The summed E-state index contributed by atoms with van der Waals surface area (Å²) in [6, 6.07) is 0. The van der Waals surface area contributed by atoms with Crippen molar-refractivity contribution in [2.24, 2.45) is 5.92 Å². The molecule has 1 aliphatic carbocycles. The van der Waals surface area contributed by atoms with Crippen LogP contribution in [0, 0.1) is 5.92 Å². The maximum absolute atomic E-state index is 5.52. The summed E-state index contributed by atoms with van der Waals surface area (Å²) >= 11 is 3.49. The van der Waals surface area contributed by atoms with Crippen molar-refractivity contribution in [1.82, 2.24) is 9.97 Å². The normalized spacial score (nSPS) is 16.7. The molecule has 0 amide bonds. The van der Waals surface area contributed by atoms with Crippen LogP contribution in [0.15, 0.2) is 4.47 Å². The summed E-state index contributed by atoms with van der Waals surface area (Å²) in [6.45, 7) is 0.450. The van der Waals surface area contributed by atoms with E-state index in [-0.39, 0.29) is 6.10 Å². The number of halogens is 1. The van der Waals surface area contributed by atoms with Gasteiger partial charge in [-0.2, -0.15) is 0 Å². The third kappa shape index (κ3) is 2.81. The van der Waals surface area contributed by atoms with Gasteiger partial charge in [-0.25, -0.2) is 9.97 Å². The minimum atomic E-state index is -0.0131. The molecule has 100 valence electrons. The molecule has 0 spiro atoms. The molecule has 5 nitrogen and oxygen atoms in total. The van der Waals surface area contributed by atoms with Gasteiger partial charge in [0, 0.05) is 21.3 Å². The van der Waals surface area contributed by atoms with E-state index in [4.69, 9.17) is 9.47 Å². The summed E-state index contributed by atoms with van der Waals surface area (Å²) in [6.07, 6.45) is 2.36. The Balaban J connectivity index is 2.36. The Labute approximate surface area is 115 Å². The highest BCUT2D eigenvalue weighted by atomic mass is 79.9. The van der Waals surface area contributed by atoms with Crippen LogP contribution in [0.4, 0.5) is 5.82 Å². The Morgan fingerprint density at radius 1 is 1.39 bits per heavy atom. The van der Waals surface area contributed by atoms with E-state index in [9.17, 15) is 0 Å². The molecule has 1 aromatic rings. The van der Waals surface area contributed by atoms with Gasteiger partial charge >= 0.3 is 0 Å². The Bertz CT molecular complexity index is 424. The zero-order valence-corrected chi connectivity index (χ0v) is 12.5. The lowest BCUT2D eigenvalue weighted by molar-refractivity contribution is 0.0765. The number of hydrogen-bond donors (Lipinski definition) is 1. The van der Waals surface area contributed by atoms with Crippen LogP contribution in [-0.2, 0) is 16.1 Å². The predicted octanol–water partition coefficient (Wildman–Crippen LogP) is 2.52. The monoisotopic (exact) mass is 315 g/mol. The minimum absolute atomic E-state index is 0.0131. The van der Waals surface area contributed by atoms with Crippen molar-refractivity contribution in [2.75, 3.05) is 26.6 Å². The highest BCUT2D eigenvalue weighted by Crippen LogP contribution is 2.42. The molecule has 1 fully saturated rings. The first-order chi connectivity index (χ1) is 8.71. The van der Waals surface area contributed by atoms with Gasteiger partial charge in [0.2, 0.25) is 0 Å². The summed E-state index contributed by atoms with van der Waals surface area (Å²) in [5.41, 5.74) is 0.842. The fraction of sp³-hybridized carbons (Fsp3) is 0.667. The van der Waals surface area contributed by atoms with Gasteiger partial charge in [0.25, 0.3) is 0 Å². The van der Waals surface area contributed by atoms with Gasteiger partial charge in [-0.05, 0) is 34.7 Å². The molecule has 1 saturated carbocycles. The molecule has 1 aliphatic rings. The van der Waals surface area contributed by atoms with E-state index in [1.807, 2.05) is 7.05 Å². The zero-order chi connectivity index (χ0) is 13.1. The zero-order valence-electron chi connectivity index (χ0n) is 10.9. The molecule has 1 unspecified atom stereocenters. The number of methoxy groups -OCH3 is 2. The first-order valence-electron chi connectivity index (χ1n) is 5.97. The van der Waals surface area contributed by atoms with E-state index >= 15 is 0 Å². The van der Waals surface area contributed by atoms with E-state index in [0.717, 1.165) is 21.8 Å². The maximum Gasteiger partial charge on any atom is 0.160 e. The summed E-state index contributed by atoms with van der Waals surface area (Å²) in [4.78, 5) is 9.07. The van der Waals surface area contributed by atoms with Gasteiger partial charge in [0.15, 0.2) is 5.82 Å². The first kappa shape index (κ1) is 13.7. The summed E-state index contributed by atoms with van der Waals surface area (Å²) < 4.78 is 11.5. The van der Waals surface area contributed by atoms with E-state index in [2.05, 4.69) is 31.2 Å².